The van der Waals surface area contributed by atoms with E-state index in [9.17, 15) is 0 Å². The lowest BCUT2D eigenvalue weighted by molar-refractivity contribution is 0.160. The predicted molar refractivity (Wildman–Crippen MR) is 55.0 cm³/mol. The molecule has 0 radical (unpaired) electrons. The van der Waals surface area contributed by atoms with Crippen LogP contribution in [-0.4, -0.2) is 12.8 Å². The van der Waals surface area contributed by atoms with Gasteiger partial charge in [0.2, 0.25) is 0 Å². The Labute approximate surface area is 83.6 Å². The van der Waals surface area contributed by atoms with E-state index in [1.165, 1.54) is 0 Å². The molecule has 14 heavy (non-hydrogen) atoms. The molecular formula is C11H12N2O. The summed E-state index contributed by atoms with van der Waals surface area (Å²) in [6, 6.07) is 9.77. The van der Waals surface area contributed by atoms with Gasteiger partial charge in [-0.3, -0.25) is 0 Å². The smallest absolute Gasteiger partial charge is 0.114 e. The summed E-state index contributed by atoms with van der Waals surface area (Å²) in [6.07, 6.45) is 2.07. The summed E-state index contributed by atoms with van der Waals surface area (Å²) in [5.74, 6) is 0. The van der Waals surface area contributed by atoms with E-state index in [-0.39, 0.29) is 0 Å². The van der Waals surface area contributed by atoms with Crippen LogP contribution in [0.25, 0.3) is 0 Å². The topological polar surface area (TPSA) is 45.4 Å². The normalized spacial score (nSPS) is 10.0. The van der Waals surface area contributed by atoms with Crippen molar-refractivity contribution in [2.45, 2.75) is 13.3 Å². The molecule has 0 aromatic heterocycles. The maximum absolute atomic E-state index is 8.52. The third-order valence-electron chi connectivity index (χ3n) is 1.64. The van der Waals surface area contributed by atoms with Crippen LogP contribution >= 0.6 is 0 Å². The summed E-state index contributed by atoms with van der Waals surface area (Å²) in [5.41, 5.74) is 1.94. The molecular weight excluding hydrogens is 176 g/mol. The van der Waals surface area contributed by atoms with E-state index in [0.29, 0.717) is 13.0 Å². The Balaban J connectivity index is 2.69. The summed E-state index contributed by atoms with van der Waals surface area (Å²) < 4.78 is 0. The van der Waals surface area contributed by atoms with Crippen LogP contribution in [0, 0.1) is 11.3 Å². The van der Waals surface area contributed by atoms with Crippen LogP contribution in [0.4, 0.5) is 0 Å². The molecule has 0 N–H and O–H groups in total. The number of hydrogen-bond acceptors (Lipinski definition) is 3. The zero-order valence-electron chi connectivity index (χ0n) is 8.10. The lowest BCUT2D eigenvalue weighted by atomic mass is 10.1. The van der Waals surface area contributed by atoms with Crippen molar-refractivity contribution in [1.82, 2.24) is 0 Å². The van der Waals surface area contributed by atoms with Gasteiger partial charge in [0, 0.05) is 0 Å². The van der Waals surface area contributed by atoms with Crippen molar-refractivity contribution in [2.24, 2.45) is 5.16 Å². The number of oxime groups is 1. The number of nitrogens with zero attached hydrogens (tertiary/aromatic N) is 2. The van der Waals surface area contributed by atoms with Crippen LogP contribution in [0.5, 0.6) is 0 Å². The molecule has 1 rings (SSSR count). The van der Waals surface area contributed by atoms with Crippen LogP contribution in [0.1, 0.15) is 18.1 Å². The monoisotopic (exact) mass is 188 g/mol. The molecule has 3 heteroatoms. The zero-order chi connectivity index (χ0) is 10.2. The van der Waals surface area contributed by atoms with Crippen molar-refractivity contribution in [1.29, 1.82) is 5.26 Å². The molecule has 0 unspecified atom stereocenters. The van der Waals surface area contributed by atoms with Gasteiger partial charge >= 0.3 is 0 Å². The molecule has 0 saturated carbocycles. The molecule has 0 aliphatic heterocycles. The van der Waals surface area contributed by atoms with E-state index >= 15 is 0 Å². The lowest BCUT2D eigenvalue weighted by Crippen LogP contribution is -1.87. The quantitative estimate of drug-likeness (QED) is 0.536. The van der Waals surface area contributed by atoms with E-state index < -0.39 is 0 Å². The Morgan fingerprint density at radius 1 is 1.57 bits per heavy atom. The Bertz CT molecular complexity index is 353. The predicted octanol–water partition coefficient (Wildman–Crippen LogP) is 2.12. The van der Waals surface area contributed by atoms with Gasteiger partial charge in [0.1, 0.15) is 6.61 Å². The second-order valence-corrected chi connectivity index (χ2v) is 2.73. The second-order valence-electron chi connectivity index (χ2n) is 2.73. The van der Waals surface area contributed by atoms with E-state index in [2.05, 4.69) is 11.2 Å². The molecule has 0 amide bonds. The first-order valence-corrected chi connectivity index (χ1v) is 4.48. The number of nitriles is 1. The number of rotatable bonds is 4. The standard InChI is InChI=1S/C11H12N2O/c1-2-14-13-9-11-5-3-4-10(8-11)6-7-12/h3-5,8-9H,2,6H2,1H3/b13-9+. The first-order chi connectivity index (χ1) is 6.86. The first-order valence-electron chi connectivity index (χ1n) is 4.48. The van der Waals surface area contributed by atoms with Gasteiger partial charge in [0.15, 0.2) is 0 Å². The molecule has 0 fully saturated rings. The maximum Gasteiger partial charge on any atom is 0.114 e. The Kier molecular flexibility index (Phi) is 4.22. The number of hydrogen-bond donors (Lipinski definition) is 0. The van der Waals surface area contributed by atoms with Gasteiger partial charge in [-0.15, -0.1) is 0 Å². The van der Waals surface area contributed by atoms with Gasteiger partial charge in [-0.2, -0.15) is 5.26 Å². The zero-order valence-corrected chi connectivity index (χ0v) is 8.10. The third kappa shape index (κ3) is 3.28. The van der Waals surface area contributed by atoms with Crippen molar-refractivity contribution in [3.05, 3.63) is 35.4 Å². The molecule has 0 bridgehead atoms. The highest BCUT2D eigenvalue weighted by Gasteiger charge is 1.92. The largest absolute Gasteiger partial charge is 0.396 e. The Hall–Kier alpha value is -1.82. The molecule has 1 aromatic carbocycles. The van der Waals surface area contributed by atoms with E-state index in [0.717, 1.165) is 11.1 Å². The molecule has 0 heterocycles. The highest BCUT2D eigenvalue weighted by molar-refractivity contribution is 5.79. The van der Waals surface area contributed by atoms with Crippen LogP contribution in [0.15, 0.2) is 29.4 Å². The van der Waals surface area contributed by atoms with Crippen LogP contribution < -0.4 is 0 Å². The molecule has 0 aliphatic rings. The Morgan fingerprint density at radius 2 is 2.43 bits per heavy atom. The molecule has 0 saturated heterocycles. The van der Waals surface area contributed by atoms with E-state index in [1.54, 1.807) is 6.21 Å². The van der Waals surface area contributed by atoms with Gasteiger partial charge in [-0.25, -0.2) is 0 Å². The van der Waals surface area contributed by atoms with Gasteiger partial charge in [0.05, 0.1) is 18.7 Å². The summed E-state index contributed by atoms with van der Waals surface area (Å²) in [7, 11) is 0. The minimum Gasteiger partial charge on any atom is -0.396 e. The van der Waals surface area contributed by atoms with E-state index in [1.807, 2.05) is 31.2 Å². The van der Waals surface area contributed by atoms with Crippen molar-refractivity contribution < 1.29 is 4.84 Å². The van der Waals surface area contributed by atoms with Gasteiger partial charge in [0.25, 0.3) is 0 Å². The molecule has 3 nitrogen and oxygen atoms in total. The average molecular weight is 188 g/mol. The fourth-order valence-corrected chi connectivity index (χ4v) is 1.05. The highest BCUT2D eigenvalue weighted by atomic mass is 16.6. The summed E-state index contributed by atoms with van der Waals surface area (Å²) >= 11 is 0. The van der Waals surface area contributed by atoms with Crippen molar-refractivity contribution in [3.63, 3.8) is 0 Å². The summed E-state index contributed by atoms with van der Waals surface area (Å²) in [4.78, 5) is 4.84. The van der Waals surface area contributed by atoms with Crippen molar-refractivity contribution in [2.75, 3.05) is 6.61 Å². The van der Waals surface area contributed by atoms with Crippen molar-refractivity contribution in [3.8, 4) is 6.07 Å². The van der Waals surface area contributed by atoms with Gasteiger partial charge in [-0.1, -0.05) is 23.4 Å². The third-order valence-corrected chi connectivity index (χ3v) is 1.64. The minimum atomic E-state index is 0.427. The van der Waals surface area contributed by atoms with Gasteiger partial charge in [-0.05, 0) is 24.1 Å². The Morgan fingerprint density at radius 3 is 3.14 bits per heavy atom. The minimum absolute atomic E-state index is 0.427. The molecule has 72 valence electrons. The van der Waals surface area contributed by atoms with Crippen LogP contribution in [-0.2, 0) is 11.3 Å². The first kappa shape index (κ1) is 10.3. The van der Waals surface area contributed by atoms with Crippen LogP contribution in [0.2, 0.25) is 0 Å². The van der Waals surface area contributed by atoms with E-state index in [4.69, 9.17) is 10.1 Å². The number of benzene rings is 1. The molecule has 0 atom stereocenters. The van der Waals surface area contributed by atoms with Crippen molar-refractivity contribution >= 4 is 6.21 Å². The summed E-state index contributed by atoms with van der Waals surface area (Å²) in [6.45, 7) is 2.44. The SMILES string of the molecule is CCO/N=C/c1cccc(CC#N)c1. The molecule has 0 aliphatic carbocycles. The maximum atomic E-state index is 8.52. The highest BCUT2D eigenvalue weighted by Crippen LogP contribution is 2.03. The average Bonchev–Trinajstić information content (AvgIpc) is 2.19. The fraction of sp³-hybridized carbons (Fsp3) is 0.273. The second kappa shape index (κ2) is 5.76. The van der Waals surface area contributed by atoms with Gasteiger partial charge < -0.3 is 4.84 Å². The molecule has 0 spiro atoms. The molecule has 1 aromatic rings. The fourth-order valence-electron chi connectivity index (χ4n) is 1.05. The summed E-state index contributed by atoms with van der Waals surface area (Å²) in [5, 5.41) is 12.3. The lowest BCUT2D eigenvalue weighted by Gasteiger charge is -1.96. The van der Waals surface area contributed by atoms with Crippen LogP contribution in [0.3, 0.4) is 0 Å².